The number of aliphatic hydroxyl groups is 1. The van der Waals surface area contributed by atoms with E-state index < -0.39 is 6.10 Å². The summed E-state index contributed by atoms with van der Waals surface area (Å²) in [6.07, 6.45) is 16.2. The monoisotopic (exact) mass is 176 g/mol. The SMILES string of the molecule is C#CC(O)C=CCC1=CCCCC1. The molecule has 70 valence electrons. The van der Waals surface area contributed by atoms with Gasteiger partial charge in [0.05, 0.1) is 0 Å². The van der Waals surface area contributed by atoms with Crippen molar-refractivity contribution in [3.8, 4) is 12.3 Å². The summed E-state index contributed by atoms with van der Waals surface area (Å²) in [5.74, 6) is 2.25. The summed E-state index contributed by atoms with van der Waals surface area (Å²) in [5, 5.41) is 9.05. The molecule has 1 heteroatoms. The topological polar surface area (TPSA) is 20.2 Å². The molecule has 1 aliphatic carbocycles. The molecule has 1 atom stereocenters. The zero-order valence-electron chi connectivity index (χ0n) is 7.87. The molecule has 0 aromatic rings. The molecule has 1 N–H and O–H groups in total. The molecule has 1 rings (SSSR count). The van der Waals surface area contributed by atoms with E-state index in [9.17, 15) is 0 Å². The van der Waals surface area contributed by atoms with Gasteiger partial charge in [0.1, 0.15) is 6.10 Å². The summed E-state index contributed by atoms with van der Waals surface area (Å²) >= 11 is 0. The molecular formula is C12H16O. The smallest absolute Gasteiger partial charge is 0.133 e. The van der Waals surface area contributed by atoms with Crippen molar-refractivity contribution >= 4 is 0 Å². The summed E-state index contributed by atoms with van der Waals surface area (Å²) in [6, 6.07) is 0. The van der Waals surface area contributed by atoms with Gasteiger partial charge in [0, 0.05) is 0 Å². The van der Waals surface area contributed by atoms with Crippen LogP contribution in [0.3, 0.4) is 0 Å². The maximum atomic E-state index is 9.05. The minimum Gasteiger partial charge on any atom is -0.377 e. The third kappa shape index (κ3) is 3.96. The highest BCUT2D eigenvalue weighted by Gasteiger charge is 2.01. The summed E-state index contributed by atoms with van der Waals surface area (Å²) in [5.41, 5.74) is 1.48. The minimum absolute atomic E-state index is 0.718. The van der Waals surface area contributed by atoms with Crippen LogP contribution in [0.5, 0.6) is 0 Å². The van der Waals surface area contributed by atoms with E-state index in [0.717, 1.165) is 6.42 Å². The molecule has 0 fully saturated rings. The lowest BCUT2D eigenvalue weighted by molar-refractivity contribution is 0.280. The molecule has 0 aromatic heterocycles. The van der Waals surface area contributed by atoms with Crippen LogP contribution in [0.25, 0.3) is 0 Å². The second kappa shape index (κ2) is 5.61. The molecule has 0 heterocycles. The van der Waals surface area contributed by atoms with Gasteiger partial charge in [-0.15, -0.1) is 6.42 Å². The first-order chi connectivity index (χ1) is 6.33. The summed E-state index contributed by atoms with van der Waals surface area (Å²) in [4.78, 5) is 0. The molecule has 0 saturated heterocycles. The van der Waals surface area contributed by atoms with Gasteiger partial charge in [0.25, 0.3) is 0 Å². The lowest BCUT2D eigenvalue weighted by atomic mass is 9.97. The fraction of sp³-hybridized carbons (Fsp3) is 0.500. The second-order valence-corrected chi connectivity index (χ2v) is 3.35. The van der Waals surface area contributed by atoms with Crippen LogP contribution in [0.1, 0.15) is 32.1 Å². The van der Waals surface area contributed by atoms with Crippen molar-refractivity contribution in [1.82, 2.24) is 0 Å². The van der Waals surface area contributed by atoms with Crippen molar-refractivity contribution in [2.75, 3.05) is 0 Å². The Kier molecular flexibility index (Phi) is 4.35. The Balaban J connectivity index is 2.29. The van der Waals surface area contributed by atoms with Gasteiger partial charge in [0.15, 0.2) is 0 Å². The van der Waals surface area contributed by atoms with E-state index >= 15 is 0 Å². The number of hydrogen-bond donors (Lipinski definition) is 1. The molecule has 0 amide bonds. The lowest BCUT2D eigenvalue weighted by Gasteiger charge is -2.09. The molecule has 0 aromatic carbocycles. The number of rotatable bonds is 3. The fourth-order valence-electron chi connectivity index (χ4n) is 1.49. The van der Waals surface area contributed by atoms with Crippen molar-refractivity contribution in [1.29, 1.82) is 0 Å². The fourth-order valence-corrected chi connectivity index (χ4v) is 1.49. The largest absolute Gasteiger partial charge is 0.377 e. The normalized spacial score (nSPS) is 19.5. The van der Waals surface area contributed by atoms with Crippen LogP contribution in [-0.4, -0.2) is 11.2 Å². The quantitative estimate of drug-likeness (QED) is 0.517. The highest BCUT2D eigenvalue weighted by atomic mass is 16.3. The molecule has 0 radical (unpaired) electrons. The van der Waals surface area contributed by atoms with Gasteiger partial charge in [-0.05, 0) is 38.2 Å². The first kappa shape index (κ1) is 10.1. The van der Waals surface area contributed by atoms with Gasteiger partial charge >= 0.3 is 0 Å². The van der Waals surface area contributed by atoms with Crippen molar-refractivity contribution in [2.45, 2.75) is 38.2 Å². The number of hydrogen-bond acceptors (Lipinski definition) is 1. The van der Waals surface area contributed by atoms with Crippen LogP contribution in [0.2, 0.25) is 0 Å². The number of terminal acetylenes is 1. The van der Waals surface area contributed by atoms with E-state index in [1.165, 1.54) is 31.3 Å². The van der Waals surface area contributed by atoms with Crippen LogP contribution in [0.15, 0.2) is 23.8 Å². The van der Waals surface area contributed by atoms with Gasteiger partial charge in [-0.2, -0.15) is 0 Å². The number of aliphatic hydroxyl groups excluding tert-OH is 1. The van der Waals surface area contributed by atoms with E-state index in [-0.39, 0.29) is 0 Å². The Morgan fingerprint density at radius 2 is 2.46 bits per heavy atom. The molecule has 0 aliphatic heterocycles. The van der Waals surface area contributed by atoms with E-state index in [4.69, 9.17) is 11.5 Å². The van der Waals surface area contributed by atoms with E-state index in [2.05, 4.69) is 12.0 Å². The molecule has 1 nitrogen and oxygen atoms in total. The Morgan fingerprint density at radius 1 is 1.62 bits per heavy atom. The van der Waals surface area contributed by atoms with Crippen molar-refractivity contribution in [2.24, 2.45) is 0 Å². The first-order valence-electron chi connectivity index (χ1n) is 4.81. The molecular weight excluding hydrogens is 160 g/mol. The second-order valence-electron chi connectivity index (χ2n) is 3.35. The molecule has 13 heavy (non-hydrogen) atoms. The lowest BCUT2D eigenvalue weighted by Crippen LogP contribution is -1.96. The van der Waals surface area contributed by atoms with Crippen LogP contribution < -0.4 is 0 Å². The van der Waals surface area contributed by atoms with Crippen LogP contribution >= 0.6 is 0 Å². The first-order valence-corrected chi connectivity index (χ1v) is 4.81. The predicted octanol–water partition coefficient (Wildman–Crippen LogP) is 2.43. The number of allylic oxidation sites excluding steroid dienone is 3. The third-order valence-corrected chi connectivity index (χ3v) is 2.25. The highest BCUT2D eigenvalue weighted by Crippen LogP contribution is 2.20. The molecule has 0 spiro atoms. The van der Waals surface area contributed by atoms with Crippen LogP contribution in [-0.2, 0) is 0 Å². The molecule has 1 unspecified atom stereocenters. The van der Waals surface area contributed by atoms with Crippen LogP contribution in [0, 0.1) is 12.3 Å². The highest BCUT2D eigenvalue weighted by molar-refractivity contribution is 5.13. The zero-order chi connectivity index (χ0) is 9.52. The average Bonchev–Trinajstić information content (AvgIpc) is 2.19. The van der Waals surface area contributed by atoms with Gasteiger partial charge < -0.3 is 5.11 Å². The van der Waals surface area contributed by atoms with Gasteiger partial charge in [-0.3, -0.25) is 0 Å². The van der Waals surface area contributed by atoms with E-state index in [1.54, 1.807) is 6.08 Å². The van der Waals surface area contributed by atoms with Crippen molar-refractivity contribution in [3.05, 3.63) is 23.8 Å². The van der Waals surface area contributed by atoms with Gasteiger partial charge in [0.2, 0.25) is 0 Å². The van der Waals surface area contributed by atoms with Crippen LogP contribution in [0.4, 0.5) is 0 Å². The van der Waals surface area contributed by atoms with Crippen molar-refractivity contribution in [3.63, 3.8) is 0 Å². The van der Waals surface area contributed by atoms with Crippen molar-refractivity contribution < 1.29 is 5.11 Å². The maximum absolute atomic E-state index is 9.05. The predicted molar refractivity (Wildman–Crippen MR) is 55.1 cm³/mol. The maximum Gasteiger partial charge on any atom is 0.133 e. The van der Waals surface area contributed by atoms with E-state index in [0.29, 0.717) is 0 Å². The summed E-state index contributed by atoms with van der Waals surface area (Å²) in [7, 11) is 0. The minimum atomic E-state index is -0.718. The average molecular weight is 176 g/mol. The summed E-state index contributed by atoms with van der Waals surface area (Å²) < 4.78 is 0. The van der Waals surface area contributed by atoms with Gasteiger partial charge in [-0.1, -0.05) is 23.6 Å². The summed E-state index contributed by atoms with van der Waals surface area (Å²) in [6.45, 7) is 0. The van der Waals surface area contributed by atoms with E-state index in [1.807, 2.05) is 6.08 Å². The zero-order valence-corrected chi connectivity index (χ0v) is 7.87. The Hall–Kier alpha value is -1.00. The Labute approximate surface area is 80.2 Å². The van der Waals surface area contributed by atoms with Gasteiger partial charge in [-0.25, -0.2) is 0 Å². The Bertz CT molecular complexity index is 242. The standard InChI is InChI=1S/C12H16O/c1-2-12(13)10-6-9-11-7-4-3-5-8-11/h1,6-7,10,12-13H,3-5,8-9H2. The molecule has 0 bridgehead atoms. The molecule has 0 saturated carbocycles. The molecule has 1 aliphatic rings. The third-order valence-electron chi connectivity index (χ3n) is 2.25. The Morgan fingerprint density at radius 3 is 3.08 bits per heavy atom.